The fraction of sp³-hybridized carbons (Fsp3) is 0.417. The summed E-state index contributed by atoms with van der Waals surface area (Å²) in [5.74, 6) is 1.69. The zero-order chi connectivity index (χ0) is 20.4. The molecule has 2 aliphatic rings. The highest BCUT2D eigenvalue weighted by atomic mass is 35.5. The smallest absolute Gasteiger partial charge is 0.163 e. The number of para-hydroxylation sites is 1. The first kappa shape index (κ1) is 19.1. The van der Waals surface area contributed by atoms with E-state index in [-0.39, 0.29) is 0 Å². The summed E-state index contributed by atoms with van der Waals surface area (Å²) in [5.41, 5.74) is 2.45. The fourth-order valence-electron chi connectivity index (χ4n) is 5.78. The highest BCUT2D eigenvalue weighted by molar-refractivity contribution is 6.36. The van der Waals surface area contributed by atoms with Crippen LogP contribution < -0.4 is 4.90 Å². The molecule has 2 atom stereocenters. The lowest BCUT2D eigenvalue weighted by Crippen LogP contribution is -2.35. The highest BCUT2D eigenvalue weighted by Crippen LogP contribution is 2.53. The molecule has 2 aromatic carbocycles. The molecule has 5 rings (SSSR count). The molecule has 1 aliphatic heterocycles. The van der Waals surface area contributed by atoms with Crippen molar-refractivity contribution in [2.24, 2.45) is 10.8 Å². The lowest BCUT2D eigenvalue weighted by molar-refractivity contribution is 0.136. The molecule has 0 N–H and O–H groups in total. The molecular formula is C24H25Cl2N3. The van der Waals surface area contributed by atoms with Gasteiger partial charge >= 0.3 is 0 Å². The van der Waals surface area contributed by atoms with Gasteiger partial charge in [0.25, 0.3) is 0 Å². The standard InChI is InChI=1S/C24H25Cl2N3/c1-23(2)11-16-12-24(3,13-23)14-29(16)22-18-6-4-5-7-20(18)27-21(28-22)17-9-8-15(25)10-19(17)26/h4-10,16H,11-14H2,1-3H3/t16-,24+/m0/s1. The number of nitrogens with zero attached hydrogens (tertiary/aromatic N) is 3. The Morgan fingerprint density at radius 3 is 2.59 bits per heavy atom. The summed E-state index contributed by atoms with van der Waals surface area (Å²) in [6, 6.07) is 14.3. The van der Waals surface area contributed by atoms with Crippen molar-refractivity contribution in [3.05, 3.63) is 52.5 Å². The second kappa shape index (κ2) is 6.58. The Hall–Kier alpha value is -1.84. The van der Waals surface area contributed by atoms with Gasteiger partial charge in [-0.2, -0.15) is 0 Å². The molecule has 5 heteroatoms. The van der Waals surface area contributed by atoms with Gasteiger partial charge in [-0.15, -0.1) is 0 Å². The molecule has 1 aliphatic carbocycles. The van der Waals surface area contributed by atoms with E-state index in [1.165, 1.54) is 19.3 Å². The van der Waals surface area contributed by atoms with Crippen molar-refractivity contribution in [1.29, 1.82) is 0 Å². The molecule has 3 aromatic rings. The fourth-order valence-corrected chi connectivity index (χ4v) is 6.27. The Morgan fingerprint density at radius 1 is 1.00 bits per heavy atom. The van der Waals surface area contributed by atoms with E-state index < -0.39 is 0 Å². The molecule has 0 amide bonds. The highest BCUT2D eigenvalue weighted by Gasteiger charge is 2.50. The molecule has 2 fully saturated rings. The summed E-state index contributed by atoms with van der Waals surface area (Å²) < 4.78 is 0. The van der Waals surface area contributed by atoms with E-state index in [1.807, 2.05) is 18.2 Å². The van der Waals surface area contributed by atoms with Gasteiger partial charge in [-0.05, 0) is 60.4 Å². The molecule has 1 saturated carbocycles. The van der Waals surface area contributed by atoms with Crippen LogP contribution in [0.15, 0.2) is 42.5 Å². The van der Waals surface area contributed by atoms with Gasteiger partial charge in [0.15, 0.2) is 5.82 Å². The minimum absolute atomic E-state index is 0.330. The summed E-state index contributed by atoms with van der Waals surface area (Å²) in [6.45, 7) is 8.27. The first-order valence-electron chi connectivity index (χ1n) is 10.2. The van der Waals surface area contributed by atoms with Crippen molar-refractivity contribution in [2.45, 2.75) is 46.1 Å². The third kappa shape index (κ3) is 3.39. The summed E-state index contributed by atoms with van der Waals surface area (Å²) in [6.07, 6.45) is 3.68. The molecule has 0 spiro atoms. The Kier molecular flexibility index (Phi) is 4.34. The normalized spacial score (nSPS) is 25.6. The second-order valence-corrected chi connectivity index (χ2v) is 10.7. The summed E-state index contributed by atoms with van der Waals surface area (Å²) >= 11 is 12.6. The number of fused-ring (bicyclic) bond motifs is 3. The van der Waals surface area contributed by atoms with E-state index >= 15 is 0 Å². The first-order valence-corrected chi connectivity index (χ1v) is 11.0. The van der Waals surface area contributed by atoms with Gasteiger partial charge in [-0.3, -0.25) is 0 Å². The van der Waals surface area contributed by atoms with Crippen molar-refractivity contribution in [3.63, 3.8) is 0 Å². The molecular weight excluding hydrogens is 401 g/mol. The van der Waals surface area contributed by atoms with E-state index in [0.717, 1.165) is 28.8 Å². The van der Waals surface area contributed by atoms with Crippen LogP contribution in [0.2, 0.25) is 10.0 Å². The van der Waals surface area contributed by atoms with E-state index in [4.69, 9.17) is 33.2 Å². The quantitative estimate of drug-likeness (QED) is 0.441. The van der Waals surface area contributed by atoms with Crippen LogP contribution in [0.3, 0.4) is 0 Å². The predicted molar refractivity (Wildman–Crippen MR) is 122 cm³/mol. The average Bonchev–Trinajstić information content (AvgIpc) is 2.89. The number of aromatic nitrogens is 2. The van der Waals surface area contributed by atoms with E-state index in [0.29, 0.717) is 32.7 Å². The number of hydrogen-bond acceptors (Lipinski definition) is 3. The maximum Gasteiger partial charge on any atom is 0.163 e. The van der Waals surface area contributed by atoms with Crippen LogP contribution >= 0.6 is 23.2 Å². The minimum atomic E-state index is 0.330. The van der Waals surface area contributed by atoms with Crippen LogP contribution in [0, 0.1) is 10.8 Å². The Balaban J connectivity index is 1.68. The zero-order valence-electron chi connectivity index (χ0n) is 17.0. The molecule has 3 nitrogen and oxygen atoms in total. The van der Waals surface area contributed by atoms with Gasteiger partial charge in [0.1, 0.15) is 5.82 Å². The first-order chi connectivity index (χ1) is 13.7. The number of anilines is 1. The van der Waals surface area contributed by atoms with Crippen LogP contribution in [0.5, 0.6) is 0 Å². The molecule has 29 heavy (non-hydrogen) atoms. The summed E-state index contributed by atoms with van der Waals surface area (Å²) in [7, 11) is 0. The van der Waals surface area contributed by atoms with E-state index in [2.05, 4.69) is 43.9 Å². The minimum Gasteiger partial charge on any atom is -0.352 e. The Bertz CT molecular complexity index is 1110. The van der Waals surface area contributed by atoms with E-state index in [9.17, 15) is 0 Å². The number of rotatable bonds is 2. The largest absolute Gasteiger partial charge is 0.352 e. The van der Waals surface area contributed by atoms with Crippen molar-refractivity contribution >= 4 is 39.9 Å². The summed E-state index contributed by atoms with van der Waals surface area (Å²) in [5, 5.41) is 2.30. The number of halogens is 2. The third-order valence-corrected chi connectivity index (χ3v) is 6.99. The molecule has 1 aromatic heterocycles. The van der Waals surface area contributed by atoms with E-state index in [1.54, 1.807) is 6.07 Å². The van der Waals surface area contributed by atoms with Gasteiger partial charge in [-0.1, -0.05) is 56.1 Å². The van der Waals surface area contributed by atoms with Crippen LogP contribution in [0.25, 0.3) is 22.3 Å². The van der Waals surface area contributed by atoms with Gasteiger partial charge < -0.3 is 4.90 Å². The Morgan fingerprint density at radius 2 is 1.79 bits per heavy atom. The van der Waals surface area contributed by atoms with Crippen molar-refractivity contribution in [2.75, 3.05) is 11.4 Å². The number of benzene rings is 2. The lowest BCUT2D eigenvalue weighted by Gasteiger charge is -2.39. The van der Waals surface area contributed by atoms with Crippen molar-refractivity contribution in [1.82, 2.24) is 9.97 Å². The Labute approximate surface area is 182 Å². The van der Waals surface area contributed by atoms with Crippen LogP contribution in [0.1, 0.15) is 40.0 Å². The maximum absolute atomic E-state index is 6.50. The number of hydrogen-bond donors (Lipinski definition) is 0. The van der Waals surface area contributed by atoms with Gasteiger partial charge in [0, 0.05) is 28.6 Å². The topological polar surface area (TPSA) is 29.0 Å². The molecule has 1 saturated heterocycles. The van der Waals surface area contributed by atoms with Crippen LogP contribution in [-0.2, 0) is 0 Å². The molecule has 0 unspecified atom stereocenters. The average molecular weight is 426 g/mol. The second-order valence-electron chi connectivity index (χ2n) is 9.85. The predicted octanol–water partition coefficient (Wildman–Crippen LogP) is 7.01. The molecule has 0 radical (unpaired) electrons. The van der Waals surface area contributed by atoms with Crippen LogP contribution in [0.4, 0.5) is 5.82 Å². The van der Waals surface area contributed by atoms with Gasteiger partial charge in [0.05, 0.1) is 10.5 Å². The van der Waals surface area contributed by atoms with Crippen molar-refractivity contribution in [3.8, 4) is 11.4 Å². The summed E-state index contributed by atoms with van der Waals surface area (Å²) in [4.78, 5) is 12.4. The molecule has 150 valence electrons. The van der Waals surface area contributed by atoms with Gasteiger partial charge in [-0.25, -0.2) is 9.97 Å². The van der Waals surface area contributed by atoms with Gasteiger partial charge in [0.2, 0.25) is 0 Å². The third-order valence-electron chi connectivity index (χ3n) is 6.44. The zero-order valence-corrected chi connectivity index (χ0v) is 18.6. The van der Waals surface area contributed by atoms with Crippen molar-refractivity contribution < 1.29 is 0 Å². The molecule has 2 heterocycles. The van der Waals surface area contributed by atoms with Crippen LogP contribution in [-0.4, -0.2) is 22.6 Å². The molecule has 2 bridgehead atoms. The maximum atomic E-state index is 6.50. The lowest BCUT2D eigenvalue weighted by atomic mass is 9.65. The SMILES string of the molecule is CC1(C)C[C@H]2C[C@@](C)(CN2c2nc(-c3ccc(Cl)cc3Cl)nc3ccccc23)C1. The monoisotopic (exact) mass is 425 g/mol.